The van der Waals surface area contributed by atoms with E-state index >= 15 is 0 Å². The molecule has 0 aliphatic rings. The van der Waals surface area contributed by atoms with Crippen molar-refractivity contribution in [2.45, 2.75) is 6.92 Å². The number of hydrogen-bond donors (Lipinski definition) is 1. The van der Waals surface area contributed by atoms with Crippen molar-refractivity contribution in [1.29, 1.82) is 0 Å². The highest BCUT2D eigenvalue weighted by molar-refractivity contribution is 5.93. The second kappa shape index (κ2) is 7.28. The summed E-state index contributed by atoms with van der Waals surface area (Å²) in [4.78, 5) is 19.1. The monoisotopic (exact) mass is 373 g/mol. The van der Waals surface area contributed by atoms with Crippen molar-refractivity contribution < 1.29 is 9.34 Å². The summed E-state index contributed by atoms with van der Waals surface area (Å²) >= 11 is 0. The summed E-state index contributed by atoms with van der Waals surface area (Å²) in [5, 5.41) is 15.6. The lowest BCUT2D eigenvalue weighted by molar-refractivity contribution is -0.402. The molecule has 0 saturated carbocycles. The van der Waals surface area contributed by atoms with Gasteiger partial charge in [-0.3, -0.25) is 10.1 Å². The first-order valence-electron chi connectivity index (χ1n) is 8.47. The first-order valence-corrected chi connectivity index (χ1v) is 8.47. The SMILES string of the molecule is Cc1ccc(-c2nc(N/N=C\c3ccc([N+](=O)[O-])o3)nc3ccccc23)cc1. The van der Waals surface area contributed by atoms with Crippen molar-refractivity contribution in [2.24, 2.45) is 5.10 Å². The Balaban J connectivity index is 1.66. The molecule has 8 heteroatoms. The van der Waals surface area contributed by atoms with E-state index in [9.17, 15) is 10.1 Å². The average Bonchev–Trinajstić information content (AvgIpc) is 3.17. The Morgan fingerprint density at radius 3 is 2.61 bits per heavy atom. The van der Waals surface area contributed by atoms with Gasteiger partial charge in [-0.25, -0.2) is 15.4 Å². The maximum absolute atomic E-state index is 10.7. The highest BCUT2D eigenvalue weighted by Crippen LogP contribution is 2.27. The summed E-state index contributed by atoms with van der Waals surface area (Å²) < 4.78 is 5.03. The minimum atomic E-state index is -0.606. The molecule has 28 heavy (non-hydrogen) atoms. The number of fused-ring (bicyclic) bond motifs is 1. The molecule has 2 aromatic carbocycles. The van der Waals surface area contributed by atoms with E-state index in [0.717, 1.165) is 27.7 Å². The van der Waals surface area contributed by atoms with Gasteiger partial charge in [0.2, 0.25) is 5.95 Å². The Labute approximate surface area is 159 Å². The molecule has 0 aliphatic carbocycles. The van der Waals surface area contributed by atoms with E-state index in [0.29, 0.717) is 5.95 Å². The van der Waals surface area contributed by atoms with Gasteiger partial charge in [-0.2, -0.15) is 5.10 Å². The lowest BCUT2D eigenvalue weighted by Gasteiger charge is -2.08. The number of hydrogen-bond acceptors (Lipinski definition) is 7. The predicted molar refractivity (Wildman–Crippen MR) is 106 cm³/mol. The molecule has 0 unspecified atom stereocenters. The quantitative estimate of drug-likeness (QED) is 0.312. The summed E-state index contributed by atoms with van der Waals surface area (Å²) in [5.74, 6) is 0.218. The van der Waals surface area contributed by atoms with E-state index in [1.807, 2.05) is 55.5 Å². The average molecular weight is 373 g/mol. The molecule has 2 heterocycles. The number of nitrogens with one attached hydrogen (secondary N) is 1. The Hall–Kier alpha value is -4.07. The van der Waals surface area contributed by atoms with Crippen LogP contribution in [0.3, 0.4) is 0 Å². The lowest BCUT2D eigenvalue weighted by Crippen LogP contribution is -1.99. The van der Waals surface area contributed by atoms with Crippen LogP contribution in [-0.4, -0.2) is 21.1 Å². The molecular weight excluding hydrogens is 358 g/mol. The molecule has 0 bridgehead atoms. The number of rotatable bonds is 5. The number of nitrogens with zero attached hydrogens (tertiary/aromatic N) is 4. The molecular formula is C20H15N5O3. The second-order valence-electron chi connectivity index (χ2n) is 6.08. The van der Waals surface area contributed by atoms with E-state index in [1.54, 1.807) is 0 Å². The first-order chi connectivity index (χ1) is 13.6. The molecule has 0 fully saturated rings. The third-order valence-electron chi connectivity index (χ3n) is 4.08. The zero-order chi connectivity index (χ0) is 19.5. The topological polar surface area (TPSA) is 106 Å². The van der Waals surface area contributed by atoms with Gasteiger partial charge in [0.25, 0.3) is 0 Å². The summed E-state index contributed by atoms with van der Waals surface area (Å²) in [5.41, 5.74) is 6.46. The summed E-state index contributed by atoms with van der Waals surface area (Å²) in [6.07, 6.45) is 1.33. The molecule has 4 rings (SSSR count). The van der Waals surface area contributed by atoms with E-state index in [4.69, 9.17) is 4.42 Å². The van der Waals surface area contributed by atoms with Crippen LogP contribution in [0.1, 0.15) is 11.3 Å². The van der Waals surface area contributed by atoms with Crippen molar-refractivity contribution in [3.63, 3.8) is 0 Å². The van der Waals surface area contributed by atoms with Gasteiger partial charge in [-0.15, -0.1) is 0 Å². The van der Waals surface area contributed by atoms with Crippen LogP contribution in [0, 0.1) is 17.0 Å². The van der Waals surface area contributed by atoms with Crippen LogP contribution in [0.5, 0.6) is 0 Å². The lowest BCUT2D eigenvalue weighted by atomic mass is 10.1. The molecule has 0 amide bonds. The number of anilines is 1. The van der Waals surface area contributed by atoms with Gasteiger partial charge in [0.05, 0.1) is 23.5 Å². The number of hydrazone groups is 1. The largest absolute Gasteiger partial charge is 0.433 e. The Morgan fingerprint density at radius 1 is 1.07 bits per heavy atom. The van der Waals surface area contributed by atoms with Crippen molar-refractivity contribution in [3.8, 4) is 11.3 Å². The maximum atomic E-state index is 10.7. The van der Waals surface area contributed by atoms with Crippen LogP contribution >= 0.6 is 0 Å². The maximum Gasteiger partial charge on any atom is 0.433 e. The Kier molecular flexibility index (Phi) is 4.51. The van der Waals surface area contributed by atoms with E-state index < -0.39 is 4.92 Å². The van der Waals surface area contributed by atoms with Crippen LogP contribution in [0.25, 0.3) is 22.2 Å². The minimum Gasteiger partial charge on any atom is -0.400 e. The van der Waals surface area contributed by atoms with Gasteiger partial charge in [0, 0.05) is 10.9 Å². The fraction of sp³-hybridized carbons (Fsp3) is 0.0500. The number of aryl methyl sites for hydroxylation is 1. The van der Waals surface area contributed by atoms with Gasteiger partial charge < -0.3 is 4.42 Å². The van der Waals surface area contributed by atoms with Crippen LogP contribution < -0.4 is 5.43 Å². The molecule has 8 nitrogen and oxygen atoms in total. The molecule has 2 aromatic heterocycles. The standard InChI is InChI=1S/C20H15N5O3/c1-13-6-8-14(9-7-13)19-16-4-2-3-5-17(16)22-20(23-19)24-21-12-15-10-11-18(28-15)25(26)27/h2-12H,1H3,(H,22,23,24)/b21-12-. The first kappa shape index (κ1) is 17.3. The fourth-order valence-corrected chi connectivity index (χ4v) is 2.72. The van der Waals surface area contributed by atoms with Crippen molar-refractivity contribution in [1.82, 2.24) is 9.97 Å². The van der Waals surface area contributed by atoms with Gasteiger partial charge in [-0.05, 0) is 19.1 Å². The highest BCUT2D eigenvalue weighted by Gasteiger charge is 2.11. The number of para-hydroxylation sites is 1. The van der Waals surface area contributed by atoms with Crippen molar-refractivity contribution in [3.05, 3.63) is 82.1 Å². The summed E-state index contributed by atoms with van der Waals surface area (Å²) in [7, 11) is 0. The second-order valence-corrected chi connectivity index (χ2v) is 6.08. The van der Waals surface area contributed by atoms with E-state index in [1.165, 1.54) is 18.3 Å². The molecule has 0 atom stereocenters. The number of furan rings is 1. The zero-order valence-electron chi connectivity index (χ0n) is 14.9. The van der Waals surface area contributed by atoms with E-state index in [2.05, 4.69) is 20.5 Å². The van der Waals surface area contributed by atoms with Crippen LogP contribution in [0.4, 0.5) is 11.8 Å². The summed E-state index contributed by atoms with van der Waals surface area (Å²) in [6.45, 7) is 2.03. The number of nitro groups is 1. The van der Waals surface area contributed by atoms with Crippen molar-refractivity contribution in [2.75, 3.05) is 5.43 Å². The highest BCUT2D eigenvalue weighted by atomic mass is 16.6. The van der Waals surface area contributed by atoms with Crippen LogP contribution in [0.15, 0.2) is 70.2 Å². The third-order valence-corrected chi connectivity index (χ3v) is 4.08. The third kappa shape index (κ3) is 3.56. The van der Waals surface area contributed by atoms with Crippen LogP contribution in [0.2, 0.25) is 0 Å². The molecule has 0 radical (unpaired) electrons. The normalized spacial score (nSPS) is 11.2. The smallest absolute Gasteiger partial charge is 0.400 e. The Morgan fingerprint density at radius 2 is 1.86 bits per heavy atom. The molecule has 0 aliphatic heterocycles. The summed E-state index contributed by atoms with van der Waals surface area (Å²) in [6, 6.07) is 18.5. The number of benzene rings is 2. The van der Waals surface area contributed by atoms with Crippen molar-refractivity contribution >= 4 is 29.0 Å². The molecule has 0 spiro atoms. The molecule has 1 N–H and O–H groups in total. The molecule has 4 aromatic rings. The van der Waals surface area contributed by atoms with Gasteiger partial charge >= 0.3 is 5.88 Å². The van der Waals surface area contributed by atoms with E-state index in [-0.39, 0.29) is 11.6 Å². The predicted octanol–water partition coefficient (Wildman–Crippen LogP) is 4.55. The molecule has 0 saturated heterocycles. The number of aromatic nitrogens is 2. The Bertz CT molecular complexity index is 1180. The fourth-order valence-electron chi connectivity index (χ4n) is 2.72. The van der Waals surface area contributed by atoms with Gasteiger partial charge in [0.15, 0.2) is 5.76 Å². The van der Waals surface area contributed by atoms with Gasteiger partial charge in [-0.1, -0.05) is 48.0 Å². The minimum absolute atomic E-state index is 0.249. The van der Waals surface area contributed by atoms with Crippen LogP contribution in [-0.2, 0) is 0 Å². The zero-order valence-corrected chi connectivity index (χ0v) is 14.9. The molecule has 138 valence electrons. The van der Waals surface area contributed by atoms with Gasteiger partial charge in [0.1, 0.15) is 4.92 Å².